The van der Waals surface area contributed by atoms with Gasteiger partial charge in [-0.05, 0) is 25.7 Å². The predicted molar refractivity (Wildman–Crippen MR) is 98.9 cm³/mol. The van der Waals surface area contributed by atoms with E-state index < -0.39 is 0 Å². The lowest BCUT2D eigenvalue weighted by Gasteiger charge is -2.00. The minimum Gasteiger partial charge on any atom is -0.0845 e. The van der Waals surface area contributed by atoms with Gasteiger partial charge in [0.15, 0.2) is 0 Å². The van der Waals surface area contributed by atoms with Gasteiger partial charge in [-0.1, -0.05) is 109 Å². The van der Waals surface area contributed by atoms with E-state index in [0.717, 1.165) is 0 Å². The quantitative estimate of drug-likeness (QED) is 0.200. The molecule has 0 aromatic rings. The first-order valence-electron chi connectivity index (χ1n) is 9.73. The van der Waals surface area contributed by atoms with Crippen molar-refractivity contribution < 1.29 is 0 Å². The molecule has 0 aromatic heterocycles. The standard InChI is InChI=1S/C21H40/c1-3-5-7-9-11-13-15-17-19-21-20-18-16-14-12-10-8-6-4-2/h13,15,17,19H,3-12,14,16,18,20-21H2,1-2H3/b15-13+,19-17+. The summed E-state index contributed by atoms with van der Waals surface area (Å²) in [6, 6.07) is 0. The third-order valence-electron chi connectivity index (χ3n) is 4.08. The Bertz CT molecular complexity index is 224. The lowest BCUT2D eigenvalue weighted by molar-refractivity contribution is 0.566. The molecule has 0 aliphatic rings. The van der Waals surface area contributed by atoms with Gasteiger partial charge >= 0.3 is 0 Å². The summed E-state index contributed by atoms with van der Waals surface area (Å²) in [5.74, 6) is 0. The predicted octanol–water partition coefficient (Wildman–Crippen LogP) is 7.99. The van der Waals surface area contributed by atoms with E-state index >= 15 is 0 Å². The van der Waals surface area contributed by atoms with E-state index in [1.54, 1.807) is 0 Å². The average Bonchev–Trinajstić information content (AvgIpc) is 2.50. The molecule has 0 rings (SSSR count). The van der Waals surface area contributed by atoms with Gasteiger partial charge in [-0.3, -0.25) is 0 Å². The first-order valence-corrected chi connectivity index (χ1v) is 9.73. The van der Waals surface area contributed by atoms with Crippen molar-refractivity contribution in [1.82, 2.24) is 0 Å². The summed E-state index contributed by atoms with van der Waals surface area (Å²) in [6.07, 6.45) is 29.9. The minimum atomic E-state index is 1.25. The summed E-state index contributed by atoms with van der Waals surface area (Å²) < 4.78 is 0. The highest BCUT2D eigenvalue weighted by Crippen LogP contribution is 2.10. The van der Waals surface area contributed by atoms with Gasteiger partial charge in [0.1, 0.15) is 0 Å². The number of allylic oxidation sites excluding steroid dienone is 4. The number of unbranched alkanes of at least 4 members (excludes halogenated alkanes) is 13. The Balaban J connectivity index is 3.12. The van der Waals surface area contributed by atoms with E-state index in [0.29, 0.717) is 0 Å². The lowest BCUT2D eigenvalue weighted by atomic mass is 10.1. The first kappa shape index (κ1) is 20.5. The van der Waals surface area contributed by atoms with E-state index in [1.165, 1.54) is 96.3 Å². The smallest absolute Gasteiger partial charge is 0.0348 e. The van der Waals surface area contributed by atoms with Gasteiger partial charge in [-0.2, -0.15) is 0 Å². The van der Waals surface area contributed by atoms with E-state index in [1.807, 2.05) is 0 Å². The second-order valence-corrected chi connectivity index (χ2v) is 6.32. The van der Waals surface area contributed by atoms with Crippen LogP contribution in [-0.4, -0.2) is 0 Å². The summed E-state index contributed by atoms with van der Waals surface area (Å²) in [4.78, 5) is 0. The fourth-order valence-corrected chi connectivity index (χ4v) is 2.61. The van der Waals surface area contributed by atoms with Gasteiger partial charge < -0.3 is 0 Å². The zero-order valence-electron chi connectivity index (χ0n) is 14.9. The molecule has 0 aliphatic carbocycles. The molecule has 0 heterocycles. The zero-order chi connectivity index (χ0) is 15.4. The van der Waals surface area contributed by atoms with Crippen molar-refractivity contribution in [3.63, 3.8) is 0 Å². The van der Waals surface area contributed by atoms with Crippen LogP contribution in [-0.2, 0) is 0 Å². The molecule has 0 fully saturated rings. The Morgan fingerprint density at radius 1 is 0.429 bits per heavy atom. The van der Waals surface area contributed by atoms with E-state index in [9.17, 15) is 0 Å². The van der Waals surface area contributed by atoms with Gasteiger partial charge in [0, 0.05) is 0 Å². The molecule has 0 aliphatic heterocycles. The SMILES string of the molecule is CCCCCC/C=C/C=C/CCCCCCCCCCC. The van der Waals surface area contributed by atoms with Crippen molar-refractivity contribution in [1.29, 1.82) is 0 Å². The summed E-state index contributed by atoms with van der Waals surface area (Å²) >= 11 is 0. The van der Waals surface area contributed by atoms with Crippen LogP contribution in [0.5, 0.6) is 0 Å². The van der Waals surface area contributed by atoms with Crippen LogP contribution in [0, 0.1) is 0 Å². The topological polar surface area (TPSA) is 0 Å². The van der Waals surface area contributed by atoms with Gasteiger partial charge in [0.05, 0.1) is 0 Å². The highest BCUT2D eigenvalue weighted by atomic mass is 14.0. The fraction of sp³-hybridized carbons (Fsp3) is 0.810. The second-order valence-electron chi connectivity index (χ2n) is 6.32. The molecule has 0 radical (unpaired) electrons. The second kappa shape index (κ2) is 19.5. The van der Waals surface area contributed by atoms with Crippen molar-refractivity contribution in [3.8, 4) is 0 Å². The van der Waals surface area contributed by atoms with Gasteiger partial charge in [-0.25, -0.2) is 0 Å². The highest BCUT2D eigenvalue weighted by Gasteiger charge is 1.90. The third-order valence-corrected chi connectivity index (χ3v) is 4.08. The molecule has 0 spiro atoms. The van der Waals surface area contributed by atoms with Crippen molar-refractivity contribution in [2.24, 2.45) is 0 Å². The van der Waals surface area contributed by atoms with E-state index in [4.69, 9.17) is 0 Å². The van der Waals surface area contributed by atoms with Crippen LogP contribution >= 0.6 is 0 Å². The summed E-state index contributed by atoms with van der Waals surface area (Å²) in [6.45, 7) is 4.56. The molecule has 0 heteroatoms. The van der Waals surface area contributed by atoms with E-state index in [-0.39, 0.29) is 0 Å². The number of hydrogen-bond acceptors (Lipinski definition) is 0. The van der Waals surface area contributed by atoms with Crippen LogP contribution in [0.4, 0.5) is 0 Å². The fourth-order valence-electron chi connectivity index (χ4n) is 2.61. The van der Waals surface area contributed by atoms with Crippen LogP contribution < -0.4 is 0 Å². The maximum atomic E-state index is 2.34. The lowest BCUT2D eigenvalue weighted by Crippen LogP contribution is -1.80. The molecule has 124 valence electrons. The maximum Gasteiger partial charge on any atom is -0.0348 e. The van der Waals surface area contributed by atoms with Gasteiger partial charge in [-0.15, -0.1) is 0 Å². The molecule has 0 amide bonds. The summed E-state index contributed by atoms with van der Waals surface area (Å²) in [5, 5.41) is 0. The van der Waals surface area contributed by atoms with Crippen molar-refractivity contribution in [2.45, 2.75) is 110 Å². The van der Waals surface area contributed by atoms with Crippen LogP contribution in [0.1, 0.15) is 110 Å². The molecule has 0 nitrogen and oxygen atoms in total. The Hall–Kier alpha value is -0.520. The van der Waals surface area contributed by atoms with Crippen LogP contribution in [0.15, 0.2) is 24.3 Å². The number of rotatable bonds is 16. The van der Waals surface area contributed by atoms with Crippen LogP contribution in [0.25, 0.3) is 0 Å². The summed E-state index contributed by atoms with van der Waals surface area (Å²) in [5.41, 5.74) is 0. The molecule has 0 atom stereocenters. The van der Waals surface area contributed by atoms with E-state index in [2.05, 4.69) is 38.2 Å². The van der Waals surface area contributed by atoms with Crippen LogP contribution in [0.2, 0.25) is 0 Å². The Kier molecular flexibility index (Phi) is 19.0. The minimum absolute atomic E-state index is 1.25. The van der Waals surface area contributed by atoms with Crippen LogP contribution in [0.3, 0.4) is 0 Å². The molecular weight excluding hydrogens is 252 g/mol. The van der Waals surface area contributed by atoms with Gasteiger partial charge in [0.25, 0.3) is 0 Å². The monoisotopic (exact) mass is 292 g/mol. The highest BCUT2D eigenvalue weighted by molar-refractivity contribution is 5.02. The maximum absolute atomic E-state index is 2.34. The Morgan fingerprint density at radius 2 is 0.762 bits per heavy atom. The zero-order valence-corrected chi connectivity index (χ0v) is 14.9. The largest absolute Gasteiger partial charge is 0.0845 e. The van der Waals surface area contributed by atoms with Crippen molar-refractivity contribution in [2.75, 3.05) is 0 Å². The molecule has 0 unspecified atom stereocenters. The normalized spacial score (nSPS) is 11.9. The summed E-state index contributed by atoms with van der Waals surface area (Å²) in [7, 11) is 0. The molecule has 0 saturated heterocycles. The van der Waals surface area contributed by atoms with Crippen molar-refractivity contribution >= 4 is 0 Å². The molecule has 21 heavy (non-hydrogen) atoms. The average molecular weight is 293 g/mol. The molecule has 0 aromatic carbocycles. The molecule has 0 saturated carbocycles. The third kappa shape index (κ3) is 19.5. The number of hydrogen-bond donors (Lipinski definition) is 0. The van der Waals surface area contributed by atoms with Gasteiger partial charge in [0.2, 0.25) is 0 Å². The van der Waals surface area contributed by atoms with Crippen molar-refractivity contribution in [3.05, 3.63) is 24.3 Å². The molecular formula is C21H40. The molecule has 0 bridgehead atoms. The molecule has 0 N–H and O–H groups in total. The first-order chi connectivity index (χ1) is 10.4. The Morgan fingerprint density at radius 3 is 1.19 bits per heavy atom. The Labute approximate surface area is 135 Å².